The van der Waals surface area contributed by atoms with Crippen molar-refractivity contribution in [1.82, 2.24) is 15.1 Å². The molecule has 0 bridgehead atoms. The fraction of sp³-hybridized carbons (Fsp3) is 0.581. The second-order valence-corrected chi connectivity index (χ2v) is 11.3. The number of carbonyl (C=O) groups excluding carboxylic acids is 1. The summed E-state index contributed by atoms with van der Waals surface area (Å²) in [5.74, 6) is -0.0743. The molecular weight excluding hydrogens is 535 g/mol. The Labute approximate surface area is 239 Å². The number of piperidine rings is 2. The fourth-order valence-corrected chi connectivity index (χ4v) is 6.80. The summed E-state index contributed by atoms with van der Waals surface area (Å²) in [4.78, 5) is 17.3. The number of ether oxygens (including phenoxy) is 3. The molecule has 0 saturated carbocycles. The highest BCUT2D eigenvalue weighted by atomic mass is 19.4. The molecule has 3 fully saturated rings. The highest BCUT2D eigenvalue weighted by Gasteiger charge is 2.64. The van der Waals surface area contributed by atoms with E-state index in [1.807, 2.05) is 18.2 Å². The second kappa shape index (κ2) is 12.7. The van der Waals surface area contributed by atoms with Gasteiger partial charge in [-0.15, -0.1) is 0 Å². The number of para-hydroxylation sites is 1. The summed E-state index contributed by atoms with van der Waals surface area (Å²) in [5, 5.41) is 3.52. The van der Waals surface area contributed by atoms with E-state index in [0.717, 1.165) is 70.8 Å². The van der Waals surface area contributed by atoms with Gasteiger partial charge in [0.1, 0.15) is 12.4 Å². The average molecular weight is 576 g/mol. The van der Waals surface area contributed by atoms with Crippen LogP contribution in [0, 0.1) is 5.41 Å². The topological polar surface area (TPSA) is 63.3 Å². The number of benzene rings is 2. The molecule has 3 aliphatic rings. The minimum atomic E-state index is -4.91. The van der Waals surface area contributed by atoms with Crippen molar-refractivity contribution < 1.29 is 32.2 Å². The van der Waals surface area contributed by atoms with E-state index in [9.17, 15) is 18.0 Å². The van der Waals surface area contributed by atoms with Crippen LogP contribution in [-0.4, -0.2) is 94.6 Å². The van der Waals surface area contributed by atoms with Gasteiger partial charge in [0.2, 0.25) is 0 Å². The Kier molecular flexibility index (Phi) is 9.23. The van der Waals surface area contributed by atoms with E-state index in [0.29, 0.717) is 19.4 Å². The first-order chi connectivity index (χ1) is 19.8. The third-order valence-corrected chi connectivity index (χ3v) is 9.18. The van der Waals surface area contributed by atoms with Gasteiger partial charge >= 0.3 is 6.18 Å². The zero-order valence-electron chi connectivity index (χ0n) is 23.6. The molecule has 1 spiro atoms. The van der Waals surface area contributed by atoms with Crippen LogP contribution in [-0.2, 0) is 19.9 Å². The summed E-state index contributed by atoms with van der Waals surface area (Å²) in [7, 11) is 0.961. The molecule has 224 valence electrons. The van der Waals surface area contributed by atoms with Crippen LogP contribution in [0.15, 0.2) is 54.6 Å². The molecule has 0 aliphatic carbocycles. The normalized spacial score (nSPS) is 23.2. The maximum Gasteiger partial charge on any atom is 0.430 e. The SMILES string of the molecule is CO[C@@](C(=O)N1CCC2(CCNCC2c2ccccc2OCCN2CCOCC2)CC1)(c1ccccc1)C(F)(F)F. The Hall–Kier alpha value is -2.66. The van der Waals surface area contributed by atoms with Crippen LogP contribution in [0.25, 0.3) is 0 Å². The van der Waals surface area contributed by atoms with Gasteiger partial charge in [0.15, 0.2) is 0 Å². The van der Waals surface area contributed by atoms with Crippen molar-refractivity contribution in [3.63, 3.8) is 0 Å². The standard InChI is InChI=1S/C31H40F3N3O4/c1-39-30(31(32,33)34,24-7-3-2-4-8-24)28(38)37-15-12-29(13-16-37)11-14-35-23-26(29)25-9-5-6-10-27(25)41-22-19-36-17-20-40-21-18-36/h2-10,26,35H,11-23H2,1H3/t26?,30-/m1/s1. The molecule has 1 N–H and O–H groups in total. The molecule has 0 radical (unpaired) electrons. The number of rotatable bonds is 8. The largest absolute Gasteiger partial charge is 0.492 e. The van der Waals surface area contributed by atoms with Crippen LogP contribution in [0.4, 0.5) is 13.2 Å². The maximum atomic E-state index is 14.6. The summed E-state index contributed by atoms with van der Waals surface area (Å²) in [6.45, 7) is 6.75. The lowest BCUT2D eigenvalue weighted by Gasteiger charge is -2.51. The summed E-state index contributed by atoms with van der Waals surface area (Å²) in [5.41, 5.74) is -2.27. The van der Waals surface area contributed by atoms with Crippen LogP contribution in [0.1, 0.15) is 36.3 Å². The number of carbonyl (C=O) groups is 1. The molecule has 1 unspecified atom stereocenters. The van der Waals surface area contributed by atoms with Crippen LogP contribution in [0.3, 0.4) is 0 Å². The van der Waals surface area contributed by atoms with Gasteiger partial charge in [0, 0.05) is 57.9 Å². The first kappa shape index (κ1) is 29.8. The van der Waals surface area contributed by atoms with Gasteiger partial charge in [0.05, 0.1) is 13.2 Å². The van der Waals surface area contributed by atoms with Crippen molar-refractivity contribution in [1.29, 1.82) is 0 Å². The van der Waals surface area contributed by atoms with Crippen molar-refractivity contribution in [3.8, 4) is 5.75 Å². The maximum absolute atomic E-state index is 14.6. The highest BCUT2D eigenvalue weighted by molar-refractivity contribution is 5.88. The summed E-state index contributed by atoms with van der Waals surface area (Å²) < 4.78 is 60.5. The Balaban J connectivity index is 1.32. The number of halogens is 3. The molecule has 2 aromatic carbocycles. The Morgan fingerprint density at radius 2 is 1.68 bits per heavy atom. The molecule has 10 heteroatoms. The number of methoxy groups -OCH3 is 1. The number of amides is 1. The van der Waals surface area contributed by atoms with Gasteiger partial charge in [0.25, 0.3) is 11.5 Å². The number of alkyl halides is 3. The van der Waals surface area contributed by atoms with Crippen molar-refractivity contribution in [2.24, 2.45) is 5.41 Å². The quantitative estimate of drug-likeness (QED) is 0.510. The van der Waals surface area contributed by atoms with E-state index >= 15 is 0 Å². The minimum Gasteiger partial charge on any atom is -0.492 e. The fourth-order valence-electron chi connectivity index (χ4n) is 6.80. The molecule has 0 aromatic heterocycles. The predicted molar refractivity (Wildman–Crippen MR) is 149 cm³/mol. The van der Waals surface area contributed by atoms with Crippen LogP contribution >= 0.6 is 0 Å². The Morgan fingerprint density at radius 1 is 1.00 bits per heavy atom. The molecule has 1 amide bonds. The lowest BCUT2D eigenvalue weighted by atomic mass is 9.62. The molecule has 2 aromatic rings. The van der Waals surface area contributed by atoms with E-state index in [1.165, 1.54) is 29.2 Å². The van der Waals surface area contributed by atoms with E-state index in [2.05, 4.69) is 16.3 Å². The minimum absolute atomic E-state index is 0.122. The smallest absolute Gasteiger partial charge is 0.430 e. The van der Waals surface area contributed by atoms with Crippen molar-refractivity contribution >= 4 is 5.91 Å². The van der Waals surface area contributed by atoms with Gasteiger partial charge in [-0.1, -0.05) is 48.5 Å². The van der Waals surface area contributed by atoms with Crippen LogP contribution in [0.5, 0.6) is 5.75 Å². The van der Waals surface area contributed by atoms with E-state index in [1.54, 1.807) is 6.07 Å². The Morgan fingerprint density at radius 3 is 2.37 bits per heavy atom. The highest BCUT2D eigenvalue weighted by Crippen LogP contribution is 2.51. The number of morpholine rings is 1. The third kappa shape index (κ3) is 5.98. The van der Waals surface area contributed by atoms with E-state index in [-0.39, 0.29) is 30.0 Å². The van der Waals surface area contributed by atoms with Gasteiger partial charge in [-0.3, -0.25) is 9.69 Å². The zero-order chi connectivity index (χ0) is 28.9. The second-order valence-electron chi connectivity index (χ2n) is 11.3. The number of hydrogen-bond donors (Lipinski definition) is 1. The molecule has 41 heavy (non-hydrogen) atoms. The molecular formula is C31H40F3N3O4. The van der Waals surface area contributed by atoms with E-state index in [4.69, 9.17) is 14.2 Å². The molecule has 5 rings (SSSR count). The van der Waals surface area contributed by atoms with Gasteiger partial charge < -0.3 is 24.4 Å². The molecule has 3 saturated heterocycles. The van der Waals surface area contributed by atoms with Gasteiger partial charge in [-0.2, -0.15) is 13.2 Å². The van der Waals surface area contributed by atoms with Crippen LogP contribution < -0.4 is 10.1 Å². The molecule has 3 aliphatic heterocycles. The molecule has 3 heterocycles. The van der Waals surface area contributed by atoms with Crippen LogP contribution in [0.2, 0.25) is 0 Å². The average Bonchev–Trinajstić information content (AvgIpc) is 2.99. The molecule has 2 atom stereocenters. The number of nitrogens with zero attached hydrogens (tertiary/aromatic N) is 2. The first-order valence-electron chi connectivity index (χ1n) is 14.5. The lowest BCUT2D eigenvalue weighted by Crippen LogP contribution is -2.59. The van der Waals surface area contributed by atoms with Gasteiger partial charge in [-0.25, -0.2) is 0 Å². The van der Waals surface area contributed by atoms with Crippen molar-refractivity contribution in [2.45, 2.75) is 37.0 Å². The summed E-state index contributed by atoms with van der Waals surface area (Å²) in [6, 6.07) is 15.3. The summed E-state index contributed by atoms with van der Waals surface area (Å²) >= 11 is 0. The van der Waals surface area contributed by atoms with Gasteiger partial charge in [-0.05, 0) is 42.9 Å². The monoisotopic (exact) mass is 575 g/mol. The summed E-state index contributed by atoms with van der Waals surface area (Å²) in [6.07, 6.45) is -2.81. The van der Waals surface area contributed by atoms with E-state index < -0.39 is 17.7 Å². The zero-order valence-corrected chi connectivity index (χ0v) is 23.6. The molecule has 7 nitrogen and oxygen atoms in total. The Bertz CT molecular complexity index is 1150. The number of nitrogens with one attached hydrogen (secondary N) is 1. The lowest BCUT2D eigenvalue weighted by molar-refractivity contribution is -0.271. The third-order valence-electron chi connectivity index (χ3n) is 9.18. The predicted octanol–water partition coefficient (Wildman–Crippen LogP) is 4.19. The number of likely N-dealkylation sites (tertiary alicyclic amines) is 1. The number of hydrogen-bond acceptors (Lipinski definition) is 6. The van der Waals surface area contributed by atoms with Crippen molar-refractivity contribution in [2.75, 3.05) is 72.7 Å². The van der Waals surface area contributed by atoms with Crippen molar-refractivity contribution in [3.05, 3.63) is 65.7 Å². The first-order valence-corrected chi connectivity index (χ1v) is 14.5.